The van der Waals surface area contributed by atoms with Gasteiger partial charge in [-0.25, -0.2) is 0 Å². The Kier molecular flexibility index (Phi) is 6.95. The first-order valence-electron chi connectivity index (χ1n) is 10.1. The molecule has 0 aromatic heterocycles. The Morgan fingerprint density at radius 2 is 1.58 bits per heavy atom. The van der Waals surface area contributed by atoms with Crippen LogP contribution in [0.15, 0.2) is 90.5 Å². The fourth-order valence-electron chi connectivity index (χ4n) is 3.35. The third kappa shape index (κ3) is 5.35. The number of hydrogen-bond donors (Lipinski definition) is 1. The number of carbonyl (C=O) groups is 1. The number of nitrogens with one attached hydrogen (secondary N) is 1. The first-order valence-corrected chi connectivity index (χ1v) is 10.9. The summed E-state index contributed by atoms with van der Waals surface area (Å²) >= 11 is 12.2. The minimum Gasteiger partial charge on any atom is -0.489 e. The number of carbonyl (C=O) groups excluding carboxylic acids is 1. The van der Waals surface area contributed by atoms with Crippen LogP contribution in [0.3, 0.4) is 0 Å². The van der Waals surface area contributed by atoms with Crippen LogP contribution < -0.4 is 10.1 Å². The highest BCUT2D eigenvalue weighted by Gasteiger charge is 2.14. The molecule has 0 fully saturated rings. The molecule has 6 heteroatoms. The summed E-state index contributed by atoms with van der Waals surface area (Å²) in [6.45, 7) is 0.432. The van der Waals surface area contributed by atoms with Gasteiger partial charge >= 0.3 is 0 Å². The van der Waals surface area contributed by atoms with E-state index in [0.717, 1.165) is 10.9 Å². The number of benzene rings is 4. The van der Waals surface area contributed by atoms with Crippen LogP contribution in [0.1, 0.15) is 11.1 Å². The first-order chi connectivity index (χ1) is 16.0. The van der Waals surface area contributed by atoms with E-state index in [9.17, 15) is 10.1 Å². The summed E-state index contributed by atoms with van der Waals surface area (Å²) in [5.41, 5.74) is 1.97. The number of ether oxygens (including phenoxy) is 1. The van der Waals surface area contributed by atoms with E-state index in [1.165, 1.54) is 11.5 Å². The van der Waals surface area contributed by atoms with Crippen LogP contribution in [-0.2, 0) is 11.4 Å². The highest BCUT2D eigenvalue weighted by Crippen LogP contribution is 2.30. The summed E-state index contributed by atoms with van der Waals surface area (Å²) in [6, 6.07) is 28.3. The standard InChI is InChI=1S/C27H18Cl2N2O2/c28-24-9-4-10-25(29)26(24)31-27(32)21(16-30)15-18-11-13-22(14-12-18)33-17-20-7-3-6-19-5-1-2-8-23(19)20/h1-15H,17H2,(H,31,32)/b21-15+. The molecule has 33 heavy (non-hydrogen) atoms. The van der Waals surface area contributed by atoms with Gasteiger partial charge in [0, 0.05) is 0 Å². The van der Waals surface area contributed by atoms with Gasteiger partial charge in [-0.15, -0.1) is 0 Å². The van der Waals surface area contributed by atoms with Crippen molar-refractivity contribution < 1.29 is 9.53 Å². The normalized spacial score (nSPS) is 11.1. The van der Waals surface area contributed by atoms with Crippen LogP contribution in [0.25, 0.3) is 16.8 Å². The Labute approximate surface area is 201 Å². The summed E-state index contributed by atoms with van der Waals surface area (Å²) in [7, 11) is 0. The minimum atomic E-state index is -0.594. The molecule has 4 nitrogen and oxygen atoms in total. The molecule has 0 aliphatic carbocycles. The summed E-state index contributed by atoms with van der Waals surface area (Å²) in [4.78, 5) is 12.5. The number of nitriles is 1. The molecule has 1 N–H and O–H groups in total. The minimum absolute atomic E-state index is 0.0737. The van der Waals surface area contributed by atoms with E-state index < -0.39 is 5.91 Å². The summed E-state index contributed by atoms with van der Waals surface area (Å²) in [5.74, 6) is 0.0923. The van der Waals surface area contributed by atoms with Crippen molar-refractivity contribution in [2.45, 2.75) is 6.61 Å². The van der Waals surface area contributed by atoms with Crippen LogP contribution in [0.5, 0.6) is 5.75 Å². The van der Waals surface area contributed by atoms with E-state index in [2.05, 4.69) is 23.5 Å². The van der Waals surface area contributed by atoms with Crippen LogP contribution in [0.2, 0.25) is 10.0 Å². The lowest BCUT2D eigenvalue weighted by Gasteiger charge is -2.10. The second-order valence-electron chi connectivity index (χ2n) is 7.22. The zero-order chi connectivity index (χ0) is 23.2. The maximum absolute atomic E-state index is 12.5. The molecule has 0 aliphatic heterocycles. The van der Waals surface area contributed by atoms with Crippen LogP contribution >= 0.6 is 23.2 Å². The summed E-state index contributed by atoms with van der Waals surface area (Å²) in [6.07, 6.45) is 1.49. The van der Waals surface area contributed by atoms with Crippen molar-refractivity contribution in [3.05, 3.63) is 112 Å². The Hall–Kier alpha value is -3.78. The molecule has 0 unspecified atom stereocenters. The monoisotopic (exact) mass is 472 g/mol. The van der Waals surface area contributed by atoms with Crippen molar-refractivity contribution in [1.82, 2.24) is 0 Å². The molecule has 1 amide bonds. The topological polar surface area (TPSA) is 62.1 Å². The zero-order valence-corrected chi connectivity index (χ0v) is 18.9. The van der Waals surface area contributed by atoms with E-state index in [1.54, 1.807) is 42.5 Å². The highest BCUT2D eigenvalue weighted by molar-refractivity contribution is 6.40. The van der Waals surface area contributed by atoms with E-state index in [0.29, 0.717) is 28.0 Å². The zero-order valence-electron chi connectivity index (χ0n) is 17.4. The smallest absolute Gasteiger partial charge is 0.266 e. The van der Waals surface area contributed by atoms with Gasteiger partial charge in [-0.1, -0.05) is 83.9 Å². The molecule has 0 bridgehead atoms. The molecule has 0 radical (unpaired) electrons. The largest absolute Gasteiger partial charge is 0.489 e. The van der Waals surface area contributed by atoms with Crippen LogP contribution in [0, 0.1) is 11.3 Å². The number of halogens is 2. The second kappa shape index (κ2) is 10.2. The summed E-state index contributed by atoms with van der Waals surface area (Å²) < 4.78 is 5.94. The van der Waals surface area contributed by atoms with Gasteiger partial charge in [0.05, 0.1) is 15.7 Å². The van der Waals surface area contributed by atoms with Crippen molar-refractivity contribution in [2.24, 2.45) is 0 Å². The number of hydrogen-bond acceptors (Lipinski definition) is 3. The van der Waals surface area contributed by atoms with Gasteiger partial charge in [0.25, 0.3) is 5.91 Å². The molecule has 0 atom stereocenters. The van der Waals surface area contributed by atoms with Gasteiger partial charge in [0.2, 0.25) is 0 Å². The van der Waals surface area contributed by atoms with E-state index >= 15 is 0 Å². The molecular weight excluding hydrogens is 455 g/mol. The van der Waals surface area contributed by atoms with Crippen molar-refractivity contribution in [1.29, 1.82) is 5.26 Å². The molecular formula is C27H18Cl2N2O2. The summed E-state index contributed by atoms with van der Waals surface area (Å²) in [5, 5.41) is 15.0. The number of anilines is 1. The van der Waals surface area contributed by atoms with Gasteiger partial charge in [0.1, 0.15) is 24.0 Å². The van der Waals surface area contributed by atoms with Gasteiger partial charge < -0.3 is 10.1 Å². The number of nitrogens with zero attached hydrogens (tertiary/aromatic N) is 1. The van der Waals surface area contributed by atoms with E-state index in [1.807, 2.05) is 30.3 Å². The fraction of sp³-hybridized carbons (Fsp3) is 0.0370. The Balaban J connectivity index is 1.45. The lowest BCUT2D eigenvalue weighted by molar-refractivity contribution is -0.112. The second-order valence-corrected chi connectivity index (χ2v) is 8.03. The van der Waals surface area contributed by atoms with Crippen molar-refractivity contribution in [3.8, 4) is 11.8 Å². The van der Waals surface area contributed by atoms with Crippen molar-refractivity contribution >= 4 is 51.6 Å². The molecule has 0 saturated heterocycles. The predicted octanol–water partition coefficient (Wildman–Crippen LogP) is 7.27. The number of amides is 1. The molecule has 4 rings (SSSR count). The SMILES string of the molecule is N#C/C(=C\c1ccc(OCc2cccc3ccccc23)cc1)C(=O)Nc1c(Cl)cccc1Cl. The average Bonchev–Trinajstić information content (AvgIpc) is 2.84. The molecule has 4 aromatic rings. The number of para-hydroxylation sites is 1. The molecule has 0 spiro atoms. The van der Waals surface area contributed by atoms with Gasteiger partial charge in [-0.05, 0) is 52.2 Å². The molecule has 0 saturated carbocycles. The van der Waals surface area contributed by atoms with Crippen molar-refractivity contribution in [2.75, 3.05) is 5.32 Å². The molecule has 0 aliphatic rings. The van der Waals surface area contributed by atoms with Crippen LogP contribution in [0.4, 0.5) is 5.69 Å². The average molecular weight is 473 g/mol. The van der Waals surface area contributed by atoms with E-state index in [-0.39, 0.29) is 11.3 Å². The number of rotatable bonds is 6. The molecule has 0 heterocycles. The maximum atomic E-state index is 12.5. The fourth-order valence-corrected chi connectivity index (χ4v) is 3.85. The Bertz CT molecular complexity index is 1360. The molecule has 162 valence electrons. The van der Waals surface area contributed by atoms with Gasteiger partial charge in [0.15, 0.2) is 0 Å². The molecule has 4 aromatic carbocycles. The third-order valence-electron chi connectivity index (χ3n) is 5.03. The number of fused-ring (bicyclic) bond motifs is 1. The van der Waals surface area contributed by atoms with Crippen molar-refractivity contribution in [3.63, 3.8) is 0 Å². The van der Waals surface area contributed by atoms with Gasteiger partial charge in [-0.2, -0.15) is 5.26 Å². The lowest BCUT2D eigenvalue weighted by Crippen LogP contribution is -2.14. The van der Waals surface area contributed by atoms with Gasteiger partial charge in [-0.3, -0.25) is 4.79 Å². The third-order valence-corrected chi connectivity index (χ3v) is 5.66. The predicted molar refractivity (Wildman–Crippen MR) is 133 cm³/mol. The van der Waals surface area contributed by atoms with Crippen LogP contribution in [-0.4, -0.2) is 5.91 Å². The maximum Gasteiger partial charge on any atom is 0.266 e. The quantitative estimate of drug-likeness (QED) is 0.237. The highest BCUT2D eigenvalue weighted by atomic mass is 35.5. The lowest BCUT2D eigenvalue weighted by atomic mass is 10.1. The van der Waals surface area contributed by atoms with E-state index in [4.69, 9.17) is 27.9 Å². The Morgan fingerprint density at radius 1 is 0.909 bits per heavy atom. The Morgan fingerprint density at radius 3 is 2.30 bits per heavy atom. The first kappa shape index (κ1) is 22.4.